The Hall–Kier alpha value is -2.91. The molecule has 0 bridgehead atoms. The van der Waals surface area contributed by atoms with E-state index in [0.29, 0.717) is 30.9 Å². The van der Waals surface area contributed by atoms with Crippen LogP contribution in [-0.4, -0.2) is 19.1 Å². The molecule has 3 rings (SSSR count). The summed E-state index contributed by atoms with van der Waals surface area (Å²) in [6, 6.07) is 12.7. The number of hydrogen-bond donors (Lipinski definition) is 1. The molecule has 1 atom stereocenters. The maximum absolute atomic E-state index is 14.2. The molecule has 0 spiro atoms. The topological polar surface area (TPSA) is 71.3 Å². The molecule has 5 nitrogen and oxygen atoms in total. The van der Waals surface area contributed by atoms with Crippen molar-refractivity contribution in [2.24, 2.45) is 5.92 Å². The molecule has 0 aliphatic carbocycles. The van der Waals surface area contributed by atoms with Crippen LogP contribution in [0.15, 0.2) is 42.5 Å². The lowest BCUT2D eigenvalue weighted by molar-refractivity contribution is -0.119. The molecule has 1 amide bonds. The van der Waals surface area contributed by atoms with E-state index in [2.05, 4.69) is 5.32 Å². The number of anilines is 1. The predicted octanol–water partition coefficient (Wildman–Crippen LogP) is 3.46. The van der Waals surface area contributed by atoms with Gasteiger partial charge in [0.05, 0.1) is 18.1 Å². The average Bonchev–Trinajstić information content (AvgIpc) is 3.12. The van der Waals surface area contributed by atoms with Crippen LogP contribution in [0.2, 0.25) is 0 Å². The molecule has 0 aromatic heterocycles. The van der Waals surface area contributed by atoms with Crippen molar-refractivity contribution >= 4 is 11.6 Å². The van der Waals surface area contributed by atoms with Gasteiger partial charge in [0.25, 0.3) is 0 Å². The number of hydrogen-bond acceptors (Lipinski definition) is 4. The Morgan fingerprint density at radius 1 is 1.29 bits per heavy atom. The van der Waals surface area contributed by atoms with Gasteiger partial charge in [0.15, 0.2) is 11.6 Å². The molecule has 1 aliphatic rings. The van der Waals surface area contributed by atoms with E-state index < -0.39 is 5.82 Å². The van der Waals surface area contributed by atoms with E-state index in [-0.39, 0.29) is 23.3 Å². The maximum atomic E-state index is 14.2. The quantitative estimate of drug-likeness (QED) is 0.934. The van der Waals surface area contributed by atoms with Gasteiger partial charge >= 0.3 is 0 Å². The molecular weight excluding hydrogens is 311 g/mol. The van der Waals surface area contributed by atoms with E-state index in [0.717, 1.165) is 0 Å². The summed E-state index contributed by atoms with van der Waals surface area (Å²) in [7, 11) is 0. The fraction of sp³-hybridized carbons (Fsp3) is 0.222. The summed E-state index contributed by atoms with van der Waals surface area (Å²) in [4.78, 5) is 12.0. The van der Waals surface area contributed by atoms with E-state index >= 15 is 0 Å². The number of ether oxygens (including phenoxy) is 2. The van der Waals surface area contributed by atoms with Crippen molar-refractivity contribution in [1.82, 2.24) is 0 Å². The molecule has 1 unspecified atom stereocenters. The van der Waals surface area contributed by atoms with Gasteiger partial charge < -0.3 is 14.8 Å². The van der Waals surface area contributed by atoms with Crippen LogP contribution < -0.4 is 10.1 Å². The van der Waals surface area contributed by atoms with Crippen LogP contribution in [-0.2, 0) is 9.53 Å². The highest BCUT2D eigenvalue weighted by molar-refractivity contribution is 5.92. The predicted molar refractivity (Wildman–Crippen MR) is 85.2 cm³/mol. The monoisotopic (exact) mass is 326 g/mol. The Morgan fingerprint density at radius 2 is 2.12 bits per heavy atom. The van der Waals surface area contributed by atoms with Crippen molar-refractivity contribution in [3.63, 3.8) is 0 Å². The molecule has 0 saturated carbocycles. The number of halogens is 1. The van der Waals surface area contributed by atoms with E-state index in [1.807, 2.05) is 6.07 Å². The van der Waals surface area contributed by atoms with Crippen LogP contribution in [0.4, 0.5) is 10.1 Å². The summed E-state index contributed by atoms with van der Waals surface area (Å²) in [5, 5.41) is 11.7. The minimum atomic E-state index is -0.622. The smallest absolute Gasteiger partial charge is 0.229 e. The second-order valence-electron chi connectivity index (χ2n) is 5.40. The molecule has 1 aliphatic heterocycles. The highest BCUT2D eigenvalue weighted by Crippen LogP contribution is 2.29. The van der Waals surface area contributed by atoms with E-state index in [1.54, 1.807) is 30.3 Å². The number of para-hydroxylation sites is 1. The maximum Gasteiger partial charge on any atom is 0.229 e. The van der Waals surface area contributed by atoms with E-state index in [1.165, 1.54) is 12.1 Å². The second kappa shape index (κ2) is 7.11. The second-order valence-corrected chi connectivity index (χ2v) is 5.40. The van der Waals surface area contributed by atoms with Crippen molar-refractivity contribution in [1.29, 1.82) is 5.26 Å². The zero-order chi connectivity index (χ0) is 16.9. The molecule has 1 saturated heterocycles. The lowest BCUT2D eigenvalue weighted by atomic mass is 10.1. The first-order valence-electron chi connectivity index (χ1n) is 7.52. The third kappa shape index (κ3) is 3.53. The zero-order valence-corrected chi connectivity index (χ0v) is 12.8. The van der Waals surface area contributed by atoms with Crippen LogP contribution in [0.5, 0.6) is 11.5 Å². The zero-order valence-electron chi connectivity index (χ0n) is 12.8. The van der Waals surface area contributed by atoms with Gasteiger partial charge in [-0.2, -0.15) is 5.26 Å². The minimum absolute atomic E-state index is 0.0140. The van der Waals surface area contributed by atoms with Gasteiger partial charge in [0.1, 0.15) is 11.8 Å². The molecule has 24 heavy (non-hydrogen) atoms. The molecule has 1 N–H and O–H groups in total. The number of nitrogens with zero attached hydrogens (tertiary/aromatic N) is 1. The van der Waals surface area contributed by atoms with Crippen LogP contribution in [0.3, 0.4) is 0 Å². The van der Waals surface area contributed by atoms with Crippen molar-refractivity contribution in [2.45, 2.75) is 6.42 Å². The summed E-state index contributed by atoms with van der Waals surface area (Å²) in [5.74, 6) is -0.746. The van der Waals surface area contributed by atoms with Crippen molar-refractivity contribution in [3.05, 3.63) is 53.8 Å². The Kier molecular flexibility index (Phi) is 4.73. The summed E-state index contributed by atoms with van der Waals surface area (Å²) < 4.78 is 24.8. The van der Waals surface area contributed by atoms with Gasteiger partial charge in [-0.3, -0.25) is 4.79 Å². The standard InChI is InChI=1S/C18H15FN2O3/c19-15-9-14(21-18(22)13-7-8-23-11-13)5-6-17(15)24-16-4-2-1-3-12(16)10-20/h1-6,9,13H,7-8,11H2,(H,21,22). The Labute approximate surface area is 138 Å². The van der Waals surface area contributed by atoms with Gasteiger partial charge in [-0.05, 0) is 30.7 Å². The van der Waals surface area contributed by atoms with Crippen molar-refractivity contribution in [2.75, 3.05) is 18.5 Å². The summed E-state index contributed by atoms with van der Waals surface area (Å²) in [5.41, 5.74) is 0.667. The molecule has 122 valence electrons. The lowest BCUT2D eigenvalue weighted by Crippen LogP contribution is -2.22. The van der Waals surface area contributed by atoms with E-state index in [9.17, 15) is 9.18 Å². The SMILES string of the molecule is N#Cc1ccccc1Oc1ccc(NC(=O)C2CCOC2)cc1F. The first-order chi connectivity index (χ1) is 11.7. The minimum Gasteiger partial charge on any atom is -0.453 e. The molecule has 0 radical (unpaired) electrons. The van der Waals surface area contributed by atoms with Gasteiger partial charge in [-0.25, -0.2) is 4.39 Å². The number of carbonyl (C=O) groups is 1. The summed E-state index contributed by atoms with van der Waals surface area (Å²) in [6.45, 7) is 0.956. The Bertz CT molecular complexity index is 795. The number of nitriles is 1. The van der Waals surface area contributed by atoms with Crippen LogP contribution in [0.25, 0.3) is 0 Å². The number of carbonyl (C=O) groups excluding carboxylic acids is 1. The molecule has 1 fully saturated rings. The van der Waals surface area contributed by atoms with Gasteiger partial charge in [0, 0.05) is 18.4 Å². The number of rotatable bonds is 4. The first-order valence-corrected chi connectivity index (χ1v) is 7.52. The summed E-state index contributed by atoms with van der Waals surface area (Å²) in [6.07, 6.45) is 0.667. The largest absolute Gasteiger partial charge is 0.453 e. The average molecular weight is 326 g/mol. The van der Waals surface area contributed by atoms with Crippen LogP contribution in [0, 0.1) is 23.1 Å². The Balaban J connectivity index is 1.73. The third-order valence-corrected chi connectivity index (χ3v) is 3.73. The van der Waals surface area contributed by atoms with Crippen molar-refractivity contribution < 1.29 is 18.7 Å². The van der Waals surface area contributed by atoms with E-state index in [4.69, 9.17) is 14.7 Å². The molecule has 2 aromatic rings. The van der Waals surface area contributed by atoms with Gasteiger partial charge in [-0.1, -0.05) is 12.1 Å². The van der Waals surface area contributed by atoms with Gasteiger partial charge in [0.2, 0.25) is 5.91 Å². The highest BCUT2D eigenvalue weighted by Gasteiger charge is 2.23. The molecular formula is C18H15FN2O3. The molecule has 6 heteroatoms. The van der Waals surface area contributed by atoms with Crippen LogP contribution >= 0.6 is 0 Å². The molecule has 1 heterocycles. The highest BCUT2D eigenvalue weighted by atomic mass is 19.1. The first kappa shape index (κ1) is 16.0. The van der Waals surface area contributed by atoms with Crippen LogP contribution in [0.1, 0.15) is 12.0 Å². The number of benzene rings is 2. The Morgan fingerprint density at radius 3 is 2.83 bits per heavy atom. The van der Waals surface area contributed by atoms with Crippen molar-refractivity contribution in [3.8, 4) is 17.6 Å². The summed E-state index contributed by atoms with van der Waals surface area (Å²) >= 11 is 0. The van der Waals surface area contributed by atoms with Gasteiger partial charge in [-0.15, -0.1) is 0 Å². The fourth-order valence-electron chi connectivity index (χ4n) is 2.41. The number of amides is 1. The third-order valence-electron chi connectivity index (χ3n) is 3.73. The molecule has 2 aromatic carbocycles. The fourth-order valence-corrected chi connectivity index (χ4v) is 2.41. The number of nitrogens with one attached hydrogen (secondary N) is 1. The normalized spacial score (nSPS) is 16.4. The lowest BCUT2D eigenvalue weighted by Gasteiger charge is -2.12.